The van der Waals surface area contributed by atoms with Crippen LogP contribution in [-0.4, -0.2) is 16.8 Å². The predicted octanol–water partition coefficient (Wildman–Crippen LogP) is 4.80. The van der Waals surface area contributed by atoms with E-state index in [1.54, 1.807) is 25.1 Å². The number of ketones is 1. The molecular formula is C23H17F2NO4. The van der Waals surface area contributed by atoms with Crippen molar-refractivity contribution in [3.63, 3.8) is 0 Å². The van der Waals surface area contributed by atoms with Gasteiger partial charge in [0.2, 0.25) is 0 Å². The number of benzene rings is 2. The molecule has 0 radical (unpaired) electrons. The van der Waals surface area contributed by atoms with Crippen LogP contribution >= 0.6 is 0 Å². The molecule has 1 amide bonds. The van der Waals surface area contributed by atoms with Crippen molar-refractivity contribution >= 4 is 23.1 Å². The Morgan fingerprint density at radius 3 is 2.50 bits per heavy atom. The zero-order valence-corrected chi connectivity index (χ0v) is 16.1. The highest BCUT2D eigenvalue weighted by molar-refractivity contribution is 6.51. The molecule has 1 aromatic heterocycles. The van der Waals surface area contributed by atoms with Crippen LogP contribution in [0.3, 0.4) is 0 Å². The van der Waals surface area contributed by atoms with Crippen LogP contribution in [-0.2, 0) is 9.59 Å². The number of aryl methyl sites for hydroxylation is 2. The summed E-state index contributed by atoms with van der Waals surface area (Å²) in [5, 5.41) is 11.0. The lowest BCUT2D eigenvalue weighted by Crippen LogP contribution is -2.30. The minimum absolute atomic E-state index is 0.157. The molecule has 2 aromatic carbocycles. The largest absolute Gasteiger partial charge is 0.507 e. The van der Waals surface area contributed by atoms with E-state index in [4.69, 9.17) is 4.42 Å². The predicted molar refractivity (Wildman–Crippen MR) is 106 cm³/mol. The van der Waals surface area contributed by atoms with Crippen LogP contribution in [0.5, 0.6) is 0 Å². The first-order chi connectivity index (χ1) is 14.3. The third-order valence-corrected chi connectivity index (χ3v) is 5.07. The maximum absolute atomic E-state index is 14.5. The van der Waals surface area contributed by atoms with Gasteiger partial charge in [-0.25, -0.2) is 8.78 Å². The maximum atomic E-state index is 14.5. The van der Waals surface area contributed by atoms with Crippen molar-refractivity contribution < 1.29 is 27.9 Å². The standard InChI is InChI=1S/C23H17F2NO4/c1-12-5-6-13(2)15(10-12)21(27)19-20(18-4-3-9-30-18)26(23(29)22(19)28)17-8-7-14(24)11-16(17)25/h3-11,20,27H,1-2H3/b21-19-. The van der Waals surface area contributed by atoms with Gasteiger partial charge in [0.1, 0.15) is 29.2 Å². The van der Waals surface area contributed by atoms with Gasteiger partial charge in [-0.3, -0.25) is 14.5 Å². The van der Waals surface area contributed by atoms with Crippen LogP contribution in [0.4, 0.5) is 14.5 Å². The molecule has 1 fully saturated rings. The van der Waals surface area contributed by atoms with E-state index in [2.05, 4.69) is 0 Å². The quantitative estimate of drug-likeness (QED) is 0.383. The van der Waals surface area contributed by atoms with E-state index < -0.39 is 29.4 Å². The molecule has 30 heavy (non-hydrogen) atoms. The van der Waals surface area contributed by atoms with E-state index in [-0.39, 0.29) is 22.8 Å². The molecular weight excluding hydrogens is 392 g/mol. The Kier molecular flexibility index (Phi) is 4.73. The van der Waals surface area contributed by atoms with Crippen molar-refractivity contribution in [3.05, 3.63) is 94.5 Å². The van der Waals surface area contributed by atoms with Gasteiger partial charge < -0.3 is 9.52 Å². The Morgan fingerprint density at radius 1 is 1.07 bits per heavy atom. The number of hydrogen-bond acceptors (Lipinski definition) is 4. The van der Waals surface area contributed by atoms with Crippen molar-refractivity contribution in [1.82, 2.24) is 0 Å². The highest BCUT2D eigenvalue weighted by Crippen LogP contribution is 2.43. The van der Waals surface area contributed by atoms with Gasteiger partial charge in [0.15, 0.2) is 0 Å². The summed E-state index contributed by atoms with van der Waals surface area (Å²) in [6.07, 6.45) is 1.34. The Balaban J connectivity index is 1.98. The first-order valence-electron chi connectivity index (χ1n) is 9.16. The number of Topliss-reactive ketones (excluding diaryl/α,β-unsaturated/α-hetero) is 1. The second-order valence-corrected chi connectivity index (χ2v) is 7.10. The smallest absolute Gasteiger partial charge is 0.300 e. The number of aliphatic hydroxyl groups is 1. The van der Waals surface area contributed by atoms with Crippen LogP contribution < -0.4 is 4.90 Å². The van der Waals surface area contributed by atoms with Crippen molar-refractivity contribution in [3.8, 4) is 0 Å². The highest BCUT2D eigenvalue weighted by Gasteiger charge is 2.49. The van der Waals surface area contributed by atoms with Crippen LogP contribution in [0.25, 0.3) is 5.76 Å². The first kappa shape index (κ1) is 19.6. The molecule has 3 aromatic rings. The number of amides is 1. The normalized spacial score (nSPS) is 18.3. The van der Waals surface area contributed by atoms with E-state index in [1.807, 2.05) is 13.0 Å². The van der Waals surface area contributed by atoms with Gasteiger partial charge >= 0.3 is 0 Å². The van der Waals surface area contributed by atoms with E-state index in [9.17, 15) is 23.5 Å². The van der Waals surface area contributed by atoms with Gasteiger partial charge in [-0.15, -0.1) is 0 Å². The third-order valence-electron chi connectivity index (χ3n) is 5.07. The number of furan rings is 1. The number of carbonyl (C=O) groups is 2. The van der Waals surface area contributed by atoms with E-state index in [1.165, 1.54) is 12.3 Å². The molecule has 4 rings (SSSR count). The summed E-state index contributed by atoms with van der Waals surface area (Å²) in [4.78, 5) is 26.7. The van der Waals surface area contributed by atoms with Crippen LogP contribution in [0.15, 0.2) is 64.8 Å². The number of carbonyl (C=O) groups excluding carboxylic acids is 2. The van der Waals surface area contributed by atoms with E-state index in [0.717, 1.165) is 22.6 Å². The Labute approximate surface area is 170 Å². The summed E-state index contributed by atoms with van der Waals surface area (Å²) < 4.78 is 33.4. The molecule has 0 saturated carbocycles. The van der Waals surface area contributed by atoms with Crippen molar-refractivity contribution in [2.45, 2.75) is 19.9 Å². The summed E-state index contributed by atoms with van der Waals surface area (Å²) >= 11 is 0. The summed E-state index contributed by atoms with van der Waals surface area (Å²) in [5.41, 5.74) is 1.39. The van der Waals surface area contributed by atoms with Crippen LogP contribution in [0, 0.1) is 25.5 Å². The fourth-order valence-corrected chi connectivity index (χ4v) is 3.61. The fourth-order valence-electron chi connectivity index (χ4n) is 3.61. The Bertz CT molecular complexity index is 1200. The molecule has 1 N–H and O–H groups in total. The van der Waals surface area contributed by atoms with Gasteiger partial charge in [-0.05, 0) is 49.7 Å². The van der Waals surface area contributed by atoms with Gasteiger partial charge in [0.05, 0.1) is 17.5 Å². The van der Waals surface area contributed by atoms with Crippen molar-refractivity contribution in [2.75, 3.05) is 4.90 Å². The summed E-state index contributed by atoms with van der Waals surface area (Å²) in [6.45, 7) is 3.58. The first-order valence-corrected chi connectivity index (χ1v) is 9.16. The molecule has 1 unspecified atom stereocenters. The van der Waals surface area contributed by atoms with Gasteiger partial charge in [0, 0.05) is 11.6 Å². The summed E-state index contributed by atoms with van der Waals surface area (Å²) in [5.74, 6) is -4.10. The molecule has 5 nitrogen and oxygen atoms in total. The molecule has 0 aliphatic carbocycles. The van der Waals surface area contributed by atoms with Crippen LogP contribution in [0.2, 0.25) is 0 Å². The lowest BCUT2D eigenvalue weighted by Gasteiger charge is -2.24. The summed E-state index contributed by atoms with van der Waals surface area (Å²) in [7, 11) is 0. The molecule has 1 saturated heterocycles. The minimum atomic E-state index is -1.21. The fraction of sp³-hybridized carbons (Fsp3) is 0.130. The number of rotatable bonds is 3. The lowest BCUT2D eigenvalue weighted by atomic mass is 9.96. The van der Waals surface area contributed by atoms with Crippen LogP contribution in [0.1, 0.15) is 28.5 Å². The number of hydrogen-bond donors (Lipinski definition) is 1. The zero-order chi connectivity index (χ0) is 21.6. The highest BCUT2D eigenvalue weighted by atomic mass is 19.1. The summed E-state index contributed by atoms with van der Waals surface area (Å²) in [6, 6.07) is 9.86. The number of aliphatic hydroxyl groups excluding tert-OH is 1. The molecule has 152 valence electrons. The molecule has 1 aliphatic rings. The second-order valence-electron chi connectivity index (χ2n) is 7.10. The third kappa shape index (κ3) is 3.08. The molecule has 7 heteroatoms. The van der Waals surface area contributed by atoms with E-state index >= 15 is 0 Å². The second kappa shape index (κ2) is 7.26. The lowest BCUT2D eigenvalue weighted by molar-refractivity contribution is -0.132. The topological polar surface area (TPSA) is 70.8 Å². The number of halogens is 2. The average molecular weight is 409 g/mol. The maximum Gasteiger partial charge on any atom is 0.300 e. The monoisotopic (exact) mass is 409 g/mol. The average Bonchev–Trinajstić information content (AvgIpc) is 3.31. The number of anilines is 1. The van der Waals surface area contributed by atoms with Gasteiger partial charge in [0.25, 0.3) is 11.7 Å². The van der Waals surface area contributed by atoms with Gasteiger partial charge in [-0.1, -0.05) is 17.7 Å². The molecule has 1 aliphatic heterocycles. The zero-order valence-electron chi connectivity index (χ0n) is 16.1. The van der Waals surface area contributed by atoms with Crippen molar-refractivity contribution in [1.29, 1.82) is 0 Å². The van der Waals surface area contributed by atoms with Gasteiger partial charge in [-0.2, -0.15) is 0 Å². The molecule has 2 heterocycles. The Hall–Kier alpha value is -3.74. The molecule has 0 spiro atoms. The minimum Gasteiger partial charge on any atom is -0.507 e. The number of nitrogens with zero attached hydrogens (tertiary/aromatic N) is 1. The molecule has 0 bridgehead atoms. The van der Waals surface area contributed by atoms with Crippen molar-refractivity contribution in [2.24, 2.45) is 0 Å². The molecule has 1 atom stereocenters. The van der Waals surface area contributed by atoms with E-state index in [0.29, 0.717) is 17.2 Å². The Morgan fingerprint density at radius 2 is 1.83 bits per heavy atom. The SMILES string of the molecule is Cc1ccc(C)c(/C(O)=C2/C(=O)C(=O)N(c3ccc(F)cc3F)C2c2ccco2)c1.